The van der Waals surface area contributed by atoms with Gasteiger partial charge in [0.05, 0.1) is 5.60 Å². The molecular formula is C15H21NO. The number of aliphatic hydroxyl groups is 1. The van der Waals surface area contributed by atoms with E-state index in [0.717, 1.165) is 19.3 Å². The first kappa shape index (κ1) is 11.2. The van der Waals surface area contributed by atoms with Crippen molar-refractivity contribution < 1.29 is 5.11 Å². The quantitative estimate of drug-likeness (QED) is 0.820. The molecule has 0 heterocycles. The number of rotatable bonds is 2. The zero-order valence-corrected chi connectivity index (χ0v) is 10.2. The summed E-state index contributed by atoms with van der Waals surface area (Å²) >= 11 is 0. The van der Waals surface area contributed by atoms with E-state index < -0.39 is 5.60 Å². The lowest BCUT2D eigenvalue weighted by molar-refractivity contribution is -0.0590. The second kappa shape index (κ2) is 4.11. The van der Waals surface area contributed by atoms with E-state index in [1.165, 1.54) is 30.4 Å². The molecule has 2 aliphatic rings. The Morgan fingerprint density at radius 3 is 2.82 bits per heavy atom. The molecule has 2 nitrogen and oxygen atoms in total. The maximum Gasteiger partial charge on any atom is 0.0683 e. The molecule has 1 aromatic rings. The van der Waals surface area contributed by atoms with Crippen molar-refractivity contribution in [1.82, 2.24) is 0 Å². The highest BCUT2D eigenvalue weighted by Gasteiger charge is 2.42. The lowest BCUT2D eigenvalue weighted by Gasteiger charge is -2.44. The van der Waals surface area contributed by atoms with Crippen LogP contribution in [0.1, 0.15) is 49.1 Å². The van der Waals surface area contributed by atoms with Crippen LogP contribution in [0, 0.1) is 0 Å². The van der Waals surface area contributed by atoms with Crippen molar-refractivity contribution in [2.24, 2.45) is 5.73 Å². The van der Waals surface area contributed by atoms with Gasteiger partial charge in [-0.05, 0) is 55.6 Å². The van der Waals surface area contributed by atoms with E-state index in [1.54, 1.807) is 0 Å². The smallest absolute Gasteiger partial charge is 0.0683 e. The third-order valence-electron chi connectivity index (χ3n) is 4.40. The summed E-state index contributed by atoms with van der Waals surface area (Å²) in [6, 6.07) is 8.93. The van der Waals surface area contributed by atoms with Crippen molar-refractivity contribution in [3.05, 3.63) is 35.4 Å². The molecule has 0 saturated heterocycles. The second-order valence-electron chi connectivity index (χ2n) is 5.88. The highest BCUT2D eigenvalue weighted by molar-refractivity contribution is 5.33. The largest absolute Gasteiger partial charge is 0.390 e. The fraction of sp³-hybridized carbons (Fsp3) is 0.600. The minimum absolute atomic E-state index is 0.221. The van der Waals surface area contributed by atoms with Crippen molar-refractivity contribution in [3.63, 3.8) is 0 Å². The van der Waals surface area contributed by atoms with Gasteiger partial charge in [-0.25, -0.2) is 0 Å². The van der Waals surface area contributed by atoms with E-state index in [0.29, 0.717) is 5.92 Å². The summed E-state index contributed by atoms with van der Waals surface area (Å²) < 4.78 is 0. The molecule has 1 fully saturated rings. The molecule has 1 atom stereocenters. The number of aryl methyl sites for hydroxylation is 1. The maximum absolute atomic E-state index is 10.4. The predicted octanol–water partition coefficient (Wildman–Crippen LogP) is 2.35. The van der Waals surface area contributed by atoms with Gasteiger partial charge < -0.3 is 10.8 Å². The Balaban J connectivity index is 1.77. The first-order valence-electron chi connectivity index (χ1n) is 6.72. The van der Waals surface area contributed by atoms with Gasteiger partial charge in [0.15, 0.2) is 0 Å². The number of benzene rings is 1. The average molecular weight is 231 g/mol. The first-order chi connectivity index (χ1) is 8.16. The van der Waals surface area contributed by atoms with Gasteiger partial charge in [0.2, 0.25) is 0 Å². The van der Waals surface area contributed by atoms with Crippen LogP contribution in [0.5, 0.6) is 0 Å². The van der Waals surface area contributed by atoms with Crippen LogP contribution in [-0.4, -0.2) is 16.7 Å². The molecule has 0 spiro atoms. The monoisotopic (exact) mass is 231 g/mol. The van der Waals surface area contributed by atoms with Crippen LogP contribution in [0.2, 0.25) is 0 Å². The topological polar surface area (TPSA) is 46.2 Å². The number of hydrogen-bond acceptors (Lipinski definition) is 2. The molecule has 2 aliphatic carbocycles. The molecule has 3 N–H and O–H groups in total. The molecule has 3 rings (SSSR count). The van der Waals surface area contributed by atoms with E-state index >= 15 is 0 Å². The summed E-state index contributed by atoms with van der Waals surface area (Å²) in [6.45, 7) is 0. The third-order valence-corrected chi connectivity index (χ3v) is 4.40. The molecule has 0 radical (unpaired) electrons. The Morgan fingerprint density at radius 2 is 2.06 bits per heavy atom. The van der Waals surface area contributed by atoms with Gasteiger partial charge >= 0.3 is 0 Å². The SMILES string of the molecule is NC1CC(O)(CC2CCCc3ccccc32)C1. The molecule has 17 heavy (non-hydrogen) atoms. The number of fused-ring (bicyclic) bond motifs is 1. The first-order valence-corrected chi connectivity index (χ1v) is 6.72. The van der Waals surface area contributed by atoms with E-state index in [2.05, 4.69) is 24.3 Å². The van der Waals surface area contributed by atoms with Crippen molar-refractivity contribution >= 4 is 0 Å². The van der Waals surface area contributed by atoms with Crippen LogP contribution in [0.4, 0.5) is 0 Å². The molecule has 2 heteroatoms. The molecule has 1 aromatic carbocycles. The van der Waals surface area contributed by atoms with Gasteiger partial charge in [-0.2, -0.15) is 0 Å². The van der Waals surface area contributed by atoms with Gasteiger partial charge in [0.25, 0.3) is 0 Å². The molecule has 1 unspecified atom stereocenters. The van der Waals surface area contributed by atoms with Crippen LogP contribution < -0.4 is 5.73 Å². The Morgan fingerprint density at radius 1 is 1.29 bits per heavy atom. The second-order valence-corrected chi connectivity index (χ2v) is 5.88. The summed E-state index contributed by atoms with van der Waals surface area (Å²) in [5.74, 6) is 0.539. The summed E-state index contributed by atoms with van der Waals surface area (Å²) in [5, 5.41) is 10.4. The van der Waals surface area contributed by atoms with Crippen molar-refractivity contribution in [2.75, 3.05) is 0 Å². The maximum atomic E-state index is 10.4. The summed E-state index contributed by atoms with van der Waals surface area (Å²) in [6.07, 6.45) is 6.14. The molecule has 0 bridgehead atoms. The van der Waals surface area contributed by atoms with E-state index in [9.17, 15) is 5.11 Å². The Kier molecular flexibility index (Phi) is 2.72. The molecular weight excluding hydrogens is 210 g/mol. The van der Waals surface area contributed by atoms with Crippen LogP contribution >= 0.6 is 0 Å². The molecule has 1 saturated carbocycles. The molecule has 92 valence electrons. The lowest BCUT2D eigenvalue weighted by atomic mass is 9.68. The molecule has 0 aliphatic heterocycles. The normalized spacial score (nSPS) is 36.1. The van der Waals surface area contributed by atoms with E-state index in [1.807, 2.05) is 0 Å². The summed E-state index contributed by atoms with van der Waals surface area (Å²) in [5.41, 5.74) is 8.26. The minimum Gasteiger partial charge on any atom is -0.390 e. The zero-order chi connectivity index (χ0) is 11.9. The fourth-order valence-corrected chi connectivity index (χ4v) is 3.61. The average Bonchev–Trinajstić information content (AvgIpc) is 2.28. The number of nitrogens with two attached hydrogens (primary N) is 1. The van der Waals surface area contributed by atoms with Crippen molar-refractivity contribution in [3.8, 4) is 0 Å². The highest BCUT2D eigenvalue weighted by Crippen LogP contribution is 2.43. The molecule has 0 amide bonds. The highest BCUT2D eigenvalue weighted by atomic mass is 16.3. The van der Waals surface area contributed by atoms with Gasteiger partial charge in [-0.3, -0.25) is 0 Å². The standard InChI is InChI=1S/C15H21NO/c16-13-9-15(17,10-13)8-12-6-3-5-11-4-1-2-7-14(11)12/h1-2,4,7,12-13,17H,3,5-6,8-10,16H2. The Bertz CT molecular complexity index is 409. The lowest BCUT2D eigenvalue weighted by Crippen LogP contribution is -2.52. The Labute approximate surface area is 103 Å². The van der Waals surface area contributed by atoms with Gasteiger partial charge in [-0.1, -0.05) is 24.3 Å². The van der Waals surface area contributed by atoms with Crippen LogP contribution in [0.3, 0.4) is 0 Å². The Hall–Kier alpha value is -0.860. The zero-order valence-electron chi connectivity index (χ0n) is 10.2. The van der Waals surface area contributed by atoms with Crippen LogP contribution in [-0.2, 0) is 6.42 Å². The van der Waals surface area contributed by atoms with Gasteiger partial charge in [0, 0.05) is 6.04 Å². The molecule has 0 aromatic heterocycles. The minimum atomic E-state index is -0.478. The predicted molar refractivity (Wildman–Crippen MR) is 68.9 cm³/mol. The van der Waals surface area contributed by atoms with E-state index in [-0.39, 0.29) is 6.04 Å². The summed E-state index contributed by atoms with van der Waals surface area (Å²) in [7, 11) is 0. The van der Waals surface area contributed by atoms with Gasteiger partial charge in [0.1, 0.15) is 0 Å². The third kappa shape index (κ3) is 2.12. The van der Waals surface area contributed by atoms with Crippen molar-refractivity contribution in [1.29, 1.82) is 0 Å². The van der Waals surface area contributed by atoms with Crippen LogP contribution in [0.25, 0.3) is 0 Å². The number of hydrogen-bond donors (Lipinski definition) is 2. The van der Waals surface area contributed by atoms with E-state index in [4.69, 9.17) is 5.73 Å². The van der Waals surface area contributed by atoms with Crippen LogP contribution in [0.15, 0.2) is 24.3 Å². The van der Waals surface area contributed by atoms with Crippen molar-refractivity contribution in [2.45, 2.75) is 56.1 Å². The van der Waals surface area contributed by atoms with Gasteiger partial charge in [-0.15, -0.1) is 0 Å². The fourth-order valence-electron chi connectivity index (χ4n) is 3.61. The summed E-state index contributed by atoms with van der Waals surface area (Å²) in [4.78, 5) is 0.